The van der Waals surface area contributed by atoms with E-state index in [1.54, 1.807) is 6.07 Å². The van der Waals surface area contributed by atoms with Crippen molar-refractivity contribution in [3.63, 3.8) is 0 Å². The molecule has 1 fully saturated rings. The molecule has 2 heterocycles. The summed E-state index contributed by atoms with van der Waals surface area (Å²) in [7, 11) is -4.77. The van der Waals surface area contributed by atoms with E-state index in [4.69, 9.17) is 0 Å². The molecule has 6 nitrogen and oxygen atoms in total. The van der Waals surface area contributed by atoms with E-state index in [0.29, 0.717) is 5.69 Å². The number of benzene rings is 1. The van der Waals surface area contributed by atoms with Crippen LogP contribution in [0, 0.1) is 0 Å². The van der Waals surface area contributed by atoms with Gasteiger partial charge < -0.3 is 0 Å². The van der Waals surface area contributed by atoms with Gasteiger partial charge in [0.15, 0.2) is 0 Å². The standard InChI is InChI=1S/C14H11BrFN3O3S/c15-10-3-1-2-9(6-10)12-4-5-17-14(18-12)19-8-11(7-13(19)20)23(16,21)22/h1-6,11H,7-8H2. The van der Waals surface area contributed by atoms with Gasteiger partial charge in [-0.25, -0.2) is 9.97 Å². The minimum atomic E-state index is -4.77. The van der Waals surface area contributed by atoms with Gasteiger partial charge in [0.1, 0.15) is 5.25 Å². The molecular formula is C14H11BrFN3O3S. The van der Waals surface area contributed by atoms with E-state index in [1.165, 1.54) is 6.20 Å². The Hall–Kier alpha value is -1.87. The van der Waals surface area contributed by atoms with Crippen molar-refractivity contribution in [2.24, 2.45) is 0 Å². The number of hydrogen-bond donors (Lipinski definition) is 0. The van der Waals surface area contributed by atoms with Crippen LogP contribution in [0.4, 0.5) is 9.83 Å². The van der Waals surface area contributed by atoms with Crippen LogP contribution < -0.4 is 4.90 Å². The zero-order valence-corrected chi connectivity index (χ0v) is 14.1. The fraction of sp³-hybridized carbons (Fsp3) is 0.214. The minimum absolute atomic E-state index is 0.0682. The number of rotatable bonds is 3. The molecule has 1 aliphatic heterocycles. The third kappa shape index (κ3) is 3.40. The summed E-state index contributed by atoms with van der Waals surface area (Å²) in [6.45, 7) is -0.278. The van der Waals surface area contributed by atoms with Crippen LogP contribution in [-0.2, 0) is 15.0 Å². The summed E-state index contributed by atoms with van der Waals surface area (Å²) in [5, 5.41) is -1.37. The minimum Gasteiger partial charge on any atom is -0.279 e. The van der Waals surface area contributed by atoms with Gasteiger partial charge in [-0.2, -0.15) is 8.42 Å². The number of hydrogen-bond acceptors (Lipinski definition) is 5. The summed E-state index contributed by atoms with van der Waals surface area (Å²) in [4.78, 5) is 21.3. The van der Waals surface area contributed by atoms with Crippen molar-refractivity contribution in [3.8, 4) is 11.3 Å². The van der Waals surface area contributed by atoms with Crippen molar-refractivity contribution < 1.29 is 17.1 Å². The smallest absolute Gasteiger partial charge is 0.279 e. The van der Waals surface area contributed by atoms with Gasteiger partial charge in [0, 0.05) is 29.2 Å². The van der Waals surface area contributed by atoms with E-state index >= 15 is 0 Å². The second-order valence-corrected chi connectivity index (χ2v) is 7.59. The normalized spacial score (nSPS) is 18.4. The predicted molar refractivity (Wildman–Crippen MR) is 86.0 cm³/mol. The number of anilines is 1. The first-order valence-electron chi connectivity index (χ1n) is 6.67. The molecule has 1 amide bonds. The number of halogens is 2. The maximum Gasteiger partial charge on any atom is 0.307 e. The lowest BCUT2D eigenvalue weighted by atomic mass is 10.1. The molecule has 1 aromatic carbocycles. The molecule has 120 valence electrons. The van der Waals surface area contributed by atoms with Crippen molar-refractivity contribution in [2.45, 2.75) is 11.7 Å². The lowest BCUT2D eigenvalue weighted by Crippen LogP contribution is -2.28. The van der Waals surface area contributed by atoms with Crippen molar-refractivity contribution in [3.05, 3.63) is 41.0 Å². The lowest BCUT2D eigenvalue weighted by Gasteiger charge is -2.14. The highest BCUT2D eigenvalue weighted by molar-refractivity contribution is 9.10. The Kier molecular flexibility index (Phi) is 4.15. The molecule has 9 heteroatoms. The average Bonchev–Trinajstić information content (AvgIpc) is 2.90. The molecule has 0 spiro atoms. The van der Waals surface area contributed by atoms with Gasteiger partial charge in [0.25, 0.3) is 0 Å². The average molecular weight is 400 g/mol. The number of aromatic nitrogens is 2. The molecule has 2 aromatic rings. The Labute approximate surface area is 140 Å². The number of carbonyl (C=O) groups excluding carboxylic acids is 1. The molecule has 0 bridgehead atoms. The Morgan fingerprint density at radius 1 is 1.30 bits per heavy atom. The van der Waals surface area contributed by atoms with Crippen molar-refractivity contribution in [1.29, 1.82) is 0 Å². The van der Waals surface area contributed by atoms with Crippen LogP contribution >= 0.6 is 15.9 Å². The third-order valence-corrected chi connectivity index (χ3v) is 5.10. The van der Waals surface area contributed by atoms with Gasteiger partial charge >= 0.3 is 10.2 Å². The zero-order valence-electron chi connectivity index (χ0n) is 11.7. The molecule has 1 aromatic heterocycles. The number of amides is 1. The van der Waals surface area contributed by atoms with E-state index in [1.807, 2.05) is 24.3 Å². The summed E-state index contributed by atoms with van der Waals surface area (Å²) in [6, 6.07) is 9.08. The molecular weight excluding hydrogens is 389 g/mol. The van der Waals surface area contributed by atoms with Crippen LogP contribution in [0.5, 0.6) is 0 Å². The van der Waals surface area contributed by atoms with Gasteiger partial charge in [-0.15, -0.1) is 3.89 Å². The zero-order chi connectivity index (χ0) is 16.6. The van der Waals surface area contributed by atoms with E-state index < -0.39 is 27.8 Å². The van der Waals surface area contributed by atoms with Crippen LogP contribution in [0.3, 0.4) is 0 Å². The van der Waals surface area contributed by atoms with Crippen molar-refractivity contribution in [2.75, 3.05) is 11.4 Å². The molecule has 1 unspecified atom stereocenters. The van der Waals surface area contributed by atoms with Gasteiger partial charge in [-0.3, -0.25) is 9.69 Å². The molecule has 0 saturated carbocycles. The lowest BCUT2D eigenvalue weighted by molar-refractivity contribution is -0.117. The highest BCUT2D eigenvalue weighted by Gasteiger charge is 2.40. The first-order valence-corrected chi connectivity index (χ1v) is 8.91. The Bertz CT molecular complexity index is 875. The first-order chi connectivity index (χ1) is 10.8. The second kappa shape index (κ2) is 5.97. The maximum atomic E-state index is 13.1. The molecule has 0 N–H and O–H groups in total. The van der Waals surface area contributed by atoms with Crippen LogP contribution in [-0.4, -0.2) is 36.1 Å². The highest BCUT2D eigenvalue weighted by Crippen LogP contribution is 2.26. The van der Waals surface area contributed by atoms with E-state index in [-0.39, 0.29) is 12.5 Å². The SMILES string of the molecule is O=C1CC(S(=O)(=O)F)CN1c1nccc(-c2cccc(Br)c2)n1. The van der Waals surface area contributed by atoms with Gasteiger partial charge in [-0.1, -0.05) is 28.1 Å². The first kappa shape index (κ1) is 16.0. The molecule has 1 saturated heterocycles. The quantitative estimate of drug-likeness (QED) is 0.739. The van der Waals surface area contributed by atoms with Gasteiger partial charge in [0.2, 0.25) is 11.9 Å². The summed E-state index contributed by atoms with van der Waals surface area (Å²) in [6.07, 6.45) is 1.08. The van der Waals surface area contributed by atoms with Crippen LogP contribution in [0.2, 0.25) is 0 Å². The van der Waals surface area contributed by atoms with Gasteiger partial charge in [-0.05, 0) is 18.2 Å². The second-order valence-electron chi connectivity index (χ2n) is 5.06. The fourth-order valence-corrected chi connectivity index (χ4v) is 3.41. The van der Waals surface area contributed by atoms with Crippen LogP contribution in [0.15, 0.2) is 41.0 Å². The largest absolute Gasteiger partial charge is 0.307 e. The van der Waals surface area contributed by atoms with E-state index in [9.17, 15) is 17.1 Å². The summed E-state index contributed by atoms with van der Waals surface area (Å²) in [5.74, 6) is -0.443. The number of nitrogens with zero attached hydrogens (tertiary/aromatic N) is 3. The summed E-state index contributed by atoms with van der Waals surface area (Å²) < 4.78 is 35.9. The molecule has 1 aliphatic rings. The van der Waals surface area contributed by atoms with E-state index in [0.717, 1.165) is 14.9 Å². The Balaban J connectivity index is 1.93. The molecule has 23 heavy (non-hydrogen) atoms. The summed E-state index contributed by atoms with van der Waals surface area (Å²) in [5.41, 5.74) is 1.39. The fourth-order valence-electron chi connectivity index (χ4n) is 2.34. The molecule has 3 rings (SSSR count). The number of carbonyl (C=O) groups is 1. The maximum absolute atomic E-state index is 13.1. The monoisotopic (exact) mass is 399 g/mol. The van der Waals surface area contributed by atoms with E-state index in [2.05, 4.69) is 25.9 Å². The van der Waals surface area contributed by atoms with Crippen LogP contribution in [0.1, 0.15) is 6.42 Å². The predicted octanol–water partition coefficient (Wildman–Crippen LogP) is 2.31. The highest BCUT2D eigenvalue weighted by atomic mass is 79.9. The third-order valence-electron chi connectivity index (χ3n) is 3.49. The van der Waals surface area contributed by atoms with Crippen molar-refractivity contribution in [1.82, 2.24) is 9.97 Å². The molecule has 0 aliphatic carbocycles. The van der Waals surface area contributed by atoms with Gasteiger partial charge in [0.05, 0.1) is 5.69 Å². The van der Waals surface area contributed by atoms with Crippen LogP contribution in [0.25, 0.3) is 11.3 Å². The van der Waals surface area contributed by atoms with Crippen molar-refractivity contribution >= 4 is 38.0 Å². The summed E-state index contributed by atoms with van der Waals surface area (Å²) >= 11 is 3.37. The molecule has 0 radical (unpaired) electrons. The Morgan fingerprint density at radius 3 is 2.74 bits per heavy atom. The Morgan fingerprint density at radius 2 is 2.09 bits per heavy atom. The topological polar surface area (TPSA) is 80.2 Å². The molecule has 1 atom stereocenters.